The fourth-order valence-corrected chi connectivity index (χ4v) is 2.37. The second kappa shape index (κ2) is 6.39. The van der Waals surface area contributed by atoms with Gasteiger partial charge >= 0.3 is 0 Å². The van der Waals surface area contributed by atoms with Gasteiger partial charge in [0.25, 0.3) is 0 Å². The summed E-state index contributed by atoms with van der Waals surface area (Å²) < 4.78 is 0. The zero-order chi connectivity index (χ0) is 12.9. The van der Waals surface area contributed by atoms with Gasteiger partial charge in [-0.1, -0.05) is 40.0 Å². The van der Waals surface area contributed by atoms with Crippen LogP contribution in [0.1, 0.15) is 59.3 Å². The van der Waals surface area contributed by atoms with E-state index in [2.05, 4.69) is 26.1 Å². The van der Waals surface area contributed by atoms with Gasteiger partial charge in [-0.15, -0.1) is 0 Å². The molecule has 0 aromatic rings. The van der Waals surface area contributed by atoms with Crippen LogP contribution in [-0.4, -0.2) is 18.5 Å². The van der Waals surface area contributed by atoms with E-state index in [-0.39, 0.29) is 17.4 Å². The van der Waals surface area contributed by atoms with Crippen molar-refractivity contribution in [2.24, 2.45) is 17.1 Å². The van der Waals surface area contributed by atoms with Crippen LogP contribution in [0, 0.1) is 11.3 Å². The van der Waals surface area contributed by atoms with Crippen molar-refractivity contribution >= 4 is 5.91 Å². The van der Waals surface area contributed by atoms with E-state index in [1.165, 1.54) is 19.3 Å². The molecule has 3 nitrogen and oxygen atoms in total. The number of rotatable bonds is 6. The highest BCUT2D eigenvalue weighted by molar-refractivity contribution is 5.76. The third-order valence-corrected chi connectivity index (χ3v) is 3.42. The molecule has 0 bridgehead atoms. The molecule has 0 spiro atoms. The molecule has 1 atom stereocenters. The summed E-state index contributed by atoms with van der Waals surface area (Å²) in [7, 11) is 0. The average molecular weight is 240 g/mol. The Hall–Kier alpha value is -0.570. The maximum absolute atomic E-state index is 11.6. The number of nitrogens with two attached hydrogens (primary N) is 1. The zero-order valence-corrected chi connectivity index (χ0v) is 11.6. The number of carbonyl (C=O) groups excluding carboxylic acids is 1. The SMILES string of the molecule is CC(C)(C)CC(N)CC(=O)NCCC1CCC1. The summed E-state index contributed by atoms with van der Waals surface area (Å²) in [6, 6.07) is -0.0151. The van der Waals surface area contributed by atoms with E-state index >= 15 is 0 Å². The van der Waals surface area contributed by atoms with Crippen LogP contribution < -0.4 is 11.1 Å². The fraction of sp³-hybridized carbons (Fsp3) is 0.929. The molecule has 0 aromatic carbocycles. The van der Waals surface area contributed by atoms with Crippen LogP contribution in [0.25, 0.3) is 0 Å². The minimum absolute atomic E-state index is 0.0151. The van der Waals surface area contributed by atoms with Crippen LogP contribution in [0.4, 0.5) is 0 Å². The highest BCUT2D eigenvalue weighted by atomic mass is 16.1. The number of amides is 1. The van der Waals surface area contributed by atoms with Crippen molar-refractivity contribution in [3.05, 3.63) is 0 Å². The van der Waals surface area contributed by atoms with Crippen LogP contribution in [0.2, 0.25) is 0 Å². The Morgan fingerprint density at radius 1 is 1.41 bits per heavy atom. The monoisotopic (exact) mass is 240 g/mol. The normalized spacial score (nSPS) is 18.6. The van der Waals surface area contributed by atoms with Crippen LogP contribution in [0.3, 0.4) is 0 Å². The van der Waals surface area contributed by atoms with Crippen molar-refractivity contribution in [3.63, 3.8) is 0 Å². The van der Waals surface area contributed by atoms with Gasteiger partial charge in [0, 0.05) is 19.0 Å². The Morgan fingerprint density at radius 3 is 2.53 bits per heavy atom. The summed E-state index contributed by atoms with van der Waals surface area (Å²) in [5.74, 6) is 0.972. The lowest BCUT2D eigenvalue weighted by Crippen LogP contribution is -2.35. The molecule has 1 rings (SSSR count). The lowest BCUT2D eigenvalue weighted by molar-refractivity contribution is -0.121. The molecule has 100 valence electrons. The molecule has 0 heterocycles. The molecule has 0 saturated heterocycles. The first-order valence-corrected chi connectivity index (χ1v) is 6.89. The van der Waals surface area contributed by atoms with E-state index in [0.29, 0.717) is 6.42 Å². The molecule has 1 fully saturated rings. The Morgan fingerprint density at radius 2 is 2.06 bits per heavy atom. The van der Waals surface area contributed by atoms with Gasteiger partial charge < -0.3 is 11.1 Å². The summed E-state index contributed by atoms with van der Waals surface area (Å²) >= 11 is 0. The summed E-state index contributed by atoms with van der Waals surface area (Å²) in [5.41, 5.74) is 6.17. The first-order chi connectivity index (χ1) is 7.87. The summed E-state index contributed by atoms with van der Waals surface area (Å²) in [5, 5.41) is 2.98. The predicted octanol–water partition coefficient (Wildman–Crippen LogP) is 2.45. The van der Waals surface area contributed by atoms with Crippen molar-refractivity contribution in [1.29, 1.82) is 0 Å². The van der Waals surface area contributed by atoms with Crippen LogP contribution in [-0.2, 0) is 4.79 Å². The Balaban J connectivity index is 2.06. The van der Waals surface area contributed by atoms with Gasteiger partial charge in [0.15, 0.2) is 0 Å². The molecule has 0 aliphatic heterocycles. The second-order valence-electron chi connectivity index (χ2n) is 6.66. The summed E-state index contributed by atoms with van der Waals surface area (Å²) in [6.07, 6.45) is 6.55. The van der Waals surface area contributed by atoms with Gasteiger partial charge in [-0.25, -0.2) is 0 Å². The largest absolute Gasteiger partial charge is 0.356 e. The van der Waals surface area contributed by atoms with Crippen molar-refractivity contribution in [2.45, 2.75) is 65.3 Å². The maximum Gasteiger partial charge on any atom is 0.221 e. The molecule has 1 saturated carbocycles. The first-order valence-electron chi connectivity index (χ1n) is 6.89. The van der Waals surface area contributed by atoms with E-state index in [4.69, 9.17) is 5.73 Å². The van der Waals surface area contributed by atoms with Crippen molar-refractivity contribution in [2.75, 3.05) is 6.54 Å². The number of hydrogen-bond acceptors (Lipinski definition) is 2. The summed E-state index contributed by atoms with van der Waals surface area (Å²) in [6.45, 7) is 7.29. The van der Waals surface area contributed by atoms with Crippen LogP contribution in [0.15, 0.2) is 0 Å². The van der Waals surface area contributed by atoms with Gasteiger partial charge in [0.1, 0.15) is 0 Å². The third kappa shape index (κ3) is 6.67. The molecule has 1 amide bonds. The Bertz CT molecular complexity index is 241. The Labute approximate surface area is 106 Å². The van der Waals surface area contributed by atoms with Gasteiger partial charge in [-0.3, -0.25) is 4.79 Å². The first kappa shape index (κ1) is 14.5. The minimum atomic E-state index is -0.0151. The van der Waals surface area contributed by atoms with E-state index in [1.54, 1.807) is 0 Å². The van der Waals surface area contributed by atoms with Crippen molar-refractivity contribution in [3.8, 4) is 0 Å². The van der Waals surface area contributed by atoms with Crippen LogP contribution in [0.5, 0.6) is 0 Å². The predicted molar refractivity (Wildman–Crippen MR) is 71.6 cm³/mol. The number of hydrogen-bond donors (Lipinski definition) is 2. The average Bonchev–Trinajstić information content (AvgIpc) is 2.05. The molecular formula is C14H28N2O. The molecule has 0 radical (unpaired) electrons. The van der Waals surface area contributed by atoms with Crippen molar-refractivity contribution in [1.82, 2.24) is 5.32 Å². The second-order valence-corrected chi connectivity index (χ2v) is 6.66. The smallest absolute Gasteiger partial charge is 0.221 e. The fourth-order valence-electron chi connectivity index (χ4n) is 2.37. The number of carbonyl (C=O) groups is 1. The van der Waals surface area contributed by atoms with Gasteiger partial charge in [0.2, 0.25) is 5.91 Å². The van der Waals surface area contributed by atoms with Crippen LogP contribution >= 0.6 is 0 Å². The minimum Gasteiger partial charge on any atom is -0.356 e. The van der Waals surface area contributed by atoms with E-state index in [0.717, 1.165) is 25.3 Å². The topological polar surface area (TPSA) is 55.1 Å². The third-order valence-electron chi connectivity index (χ3n) is 3.42. The zero-order valence-electron chi connectivity index (χ0n) is 11.6. The highest BCUT2D eigenvalue weighted by Crippen LogP contribution is 2.28. The lowest BCUT2D eigenvalue weighted by Gasteiger charge is -2.25. The van der Waals surface area contributed by atoms with E-state index < -0.39 is 0 Å². The number of nitrogens with one attached hydrogen (secondary N) is 1. The molecule has 1 aliphatic carbocycles. The van der Waals surface area contributed by atoms with E-state index in [1.807, 2.05) is 0 Å². The highest BCUT2D eigenvalue weighted by Gasteiger charge is 2.19. The summed E-state index contributed by atoms with van der Waals surface area (Å²) in [4.78, 5) is 11.6. The Kier molecular flexibility index (Phi) is 5.44. The van der Waals surface area contributed by atoms with E-state index in [9.17, 15) is 4.79 Å². The molecule has 0 aromatic heterocycles. The molecule has 1 unspecified atom stereocenters. The van der Waals surface area contributed by atoms with Gasteiger partial charge in [-0.2, -0.15) is 0 Å². The van der Waals surface area contributed by atoms with Gasteiger partial charge in [0.05, 0.1) is 0 Å². The molecule has 1 aliphatic rings. The molecule has 3 N–H and O–H groups in total. The lowest BCUT2D eigenvalue weighted by atomic mass is 9.83. The van der Waals surface area contributed by atoms with Gasteiger partial charge in [-0.05, 0) is 24.2 Å². The molecular weight excluding hydrogens is 212 g/mol. The molecule has 17 heavy (non-hydrogen) atoms. The molecule has 3 heteroatoms. The van der Waals surface area contributed by atoms with Crippen molar-refractivity contribution < 1.29 is 4.79 Å². The quantitative estimate of drug-likeness (QED) is 0.749. The standard InChI is InChI=1S/C14H28N2O/c1-14(2,3)10-12(15)9-13(17)16-8-7-11-5-4-6-11/h11-12H,4-10,15H2,1-3H3,(H,16,17). The maximum atomic E-state index is 11.6.